The van der Waals surface area contributed by atoms with E-state index in [1.165, 1.54) is 7.11 Å². The highest BCUT2D eigenvalue weighted by molar-refractivity contribution is 5.84. The van der Waals surface area contributed by atoms with Crippen molar-refractivity contribution in [2.24, 2.45) is 5.92 Å². The van der Waals surface area contributed by atoms with Gasteiger partial charge in [0.15, 0.2) is 0 Å². The van der Waals surface area contributed by atoms with Crippen LogP contribution in [0.15, 0.2) is 0 Å². The Morgan fingerprint density at radius 1 is 1.40 bits per heavy atom. The van der Waals surface area contributed by atoms with Gasteiger partial charge in [-0.05, 0) is 12.8 Å². The van der Waals surface area contributed by atoms with Crippen molar-refractivity contribution in [2.75, 3.05) is 13.7 Å². The second-order valence-electron chi connectivity index (χ2n) is 4.34. The number of ether oxygens (including phenoxy) is 1. The molecule has 1 heterocycles. The third-order valence-corrected chi connectivity index (χ3v) is 3.55. The molecule has 1 amide bonds. The second kappa shape index (κ2) is 4.21. The van der Waals surface area contributed by atoms with E-state index in [4.69, 9.17) is 4.74 Å². The number of methoxy groups -OCH3 is 1. The van der Waals surface area contributed by atoms with E-state index < -0.39 is 0 Å². The van der Waals surface area contributed by atoms with Gasteiger partial charge in [0.05, 0.1) is 7.11 Å². The van der Waals surface area contributed by atoms with Gasteiger partial charge in [0.2, 0.25) is 0 Å². The van der Waals surface area contributed by atoms with Crippen molar-refractivity contribution in [3.63, 3.8) is 0 Å². The van der Waals surface area contributed by atoms with E-state index in [-0.39, 0.29) is 18.1 Å². The lowest BCUT2D eigenvalue weighted by Gasteiger charge is -2.42. The van der Waals surface area contributed by atoms with Crippen LogP contribution in [0, 0.1) is 5.92 Å². The van der Waals surface area contributed by atoms with Crippen LogP contribution in [0.25, 0.3) is 0 Å². The van der Waals surface area contributed by atoms with Gasteiger partial charge in [0.1, 0.15) is 5.78 Å². The van der Waals surface area contributed by atoms with Gasteiger partial charge in [-0.3, -0.25) is 4.79 Å². The van der Waals surface area contributed by atoms with Crippen LogP contribution < -0.4 is 0 Å². The zero-order valence-electron chi connectivity index (χ0n) is 9.07. The maximum absolute atomic E-state index is 11.7. The molecule has 0 aromatic rings. The van der Waals surface area contributed by atoms with E-state index >= 15 is 0 Å². The Labute approximate surface area is 89.6 Å². The molecular weight excluding hydrogens is 194 g/mol. The maximum atomic E-state index is 11.7. The lowest BCUT2D eigenvalue weighted by Crippen LogP contribution is -2.53. The number of ketones is 1. The molecule has 2 rings (SSSR count). The van der Waals surface area contributed by atoms with E-state index in [9.17, 15) is 9.59 Å². The Morgan fingerprint density at radius 2 is 2.13 bits per heavy atom. The molecule has 15 heavy (non-hydrogen) atoms. The molecule has 2 aliphatic rings. The Morgan fingerprint density at radius 3 is 2.87 bits per heavy atom. The summed E-state index contributed by atoms with van der Waals surface area (Å²) in [6.45, 7) is 0.534. The fourth-order valence-corrected chi connectivity index (χ4v) is 2.79. The lowest BCUT2D eigenvalue weighted by molar-refractivity contribution is -0.129. The molecule has 0 radical (unpaired) electrons. The van der Waals surface area contributed by atoms with Crippen LogP contribution in [0.2, 0.25) is 0 Å². The average Bonchev–Trinajstić information content (AvgIpc) is 2.29. The van der Waals surface area contributed by atoms with Crippen LogP contribution in [0.3, 0.4) is 0 Å². The third-order valence-electron chi connectivity index (χ3n) is 3.55. The van der Waals surface area contributed by atoms with Crippen molar-refractivity contribution in [2.45, 2.75) is 38.1 Å². The van der Waals surface area contributed by atoms with Gasteiger partial charge in [-0.15, -0.1) is 0 Å². The molecule has 2 atom stereocenters. The Bertz CT molecular complexity index is 277. The smallest absolute Gasteiger partial charge is 0.409 e. The SMILES string of the molecule is COC(=O)N1CCC(=O)[C@H]2CCCC[C@@H]21. The molecule has 0 spiro atoms. The summed E-state index contributed by atoms with van der Waals surface area (Å²) in [4.78, 5) is 25.0. The first-order valence-electron chi connectivity index (χ1n) is 5.61. The van der Waals surface area contributed by atoms with Crippen LogP contribution in [0.5, 0.6) is 0 Å². The van der Waals surface area contributed by atoms with Crippen molar-refractivity contribution >= 4 is 11.9 Å². The largest absolute Gasteiger partial charge is 0.453 e. The first-order valence-corrected chi connectivity index (χ1v) is 5.61. The Kier molecular flexibility index (Phi) is 2.93. The summed E-state index contributed by atoms with van der Waals surface area (Å²) in [5, 5.41) is 0. The van der Waals surface area contributed by atoms with Crippen molar-refractivity contribution < 1.29 is 14.3 Å². The molecule has 84 valence electrons. The highest BCUT2D eigenvalue weighted by Crippen LogP contribution is 2.33. The normalized spacial score (nSPS) is 31.0. The second-order valence-corrected chi connectivity index (χ2v) is 4.34. The molecule has 1 aliphatic carbocycles. The van der Waals surface area contributed by atoms with Gasteiger partial charge in [0.25, 0.3) is 0 Å². The predicted octanol–water partition coefficient (Wildman–Crippen LogP) is 1.59. The summed E-state index contributed by atoms with van der Waals surface area (Å²) >= 11 is 0. The summed E-state index contributed by atoms with van der Waals surface area (Å²) in [6.07, 6.45) is 4.34. The summed E-state index contributed by atoms with van der Waals surface area (Å²) in [5.74, 6) is 0.409. The van der Waals surface area contributed by atoms with Gasteiger partial charge in [-0.2, -0.15) is 0 Å². The molecule has 0 aromatic heterocycles. The van der Waals surface area contributed by atoms with Crippen molar-refractivity contribution in [3.8, 4) is 0 Å². The zero-order chi connectivity index (χ0) is 10.8. The fraction of sp³-hybridized carbons (Fsp3) is 0.818. The summed E-state index contributed by atoms with van der Waals surface area (Å²) in [5.41, 5.74) is 0. The monoisotopic (exact) mass is 211 g/mol. The summed E-state index contributed by atoms with van der Waals surface area (Å²) < 4.78 is 4.75. The number of hydrogen-bond acceptors (Lipinski definition) is 3. The predicted molar refractivity (Wildman–Crippen MR) is 54.5 cm³/mol. The van der Waals surface area contributed by atoms with Gasteiger partial charge in [-0.1, -0.05) is 12.8 Å². The molecule has 0 aromatic carbocycles. The highest BCUT2D eigenvalue weighted by atomic mass is 16.5. The van der Waals surface area contributed by atoms with Crippen LogP contribution >= 0.6 is 0 Å². The molecule has 0 unspecified atom stereocenters. The van der Waals surface area contributed by atoms with E-state index in [0.717, 1.165) is 25.7 Å². The number of amides is 1. The minimum Gasteiger partial charge on any atom is -0.453 e. The van der Waals surface area contributed by atoms with E-state index in [1.54, 1.807) is 4.90 Å². The zero-order valence-corrected chi connectivity index (χ0v) is 9.07. The molecule has 0 bridgehead atoms. The number of nitrogens with zero attached hydrogens (tertiary/aromatic N) is 1. The lowest BCUT2D eigenvalue weighted by atomic mass is 9.78. The average molecular weight is 211 g/mol. The van der Waals surface area contributed by atoms with Gasteiger partial charge in [0, 0.05) is 24.9 Å². The first-order chi connectivity index (χ1) is 7.24. The molecule has 0 N–H and O–H groups in total. The molecule has 1 aliphatic heterocycles. The molecule has 1 saturated carbocycles. The molecule has 4 nitrogen and oxygen atoms in total. The topological polar surface area (TPSA) is 46.6 Å². The number of rotatable bonds is 0. The van der Waals surface area contributed by atoms with Crippen molar-refractivity contribution in [1.82, 2.24) is 4.90 Å². The minimum absolute atomic E-state index is 0.0756. The quantitative estimate of drug-likeness (QED) is 0.611. The number of carbonyl (C=O) groups excluding carboxylic acids is 2. The Hall–Kier alpha value is -1.06. The van der Waals surface area contributed by atoms with Crippen LogP contribution in [-0.4, -0.2) is 36.5 Å². The number of fused-ring (bicyclic) bond motifs is 1. The fourth-order valence-electron chi connectivity index (χ4n) is 2.79. The first kappa shape index (κ1) is 10.5. The van der Waals surface area contributed by atoms with Crippen molar-refractivity contribution in [3.05, 3.63) is 0 Å². The van der Waals surface area contributed by atoms with Gasteiger partial charge < -0.3 is 9.64 Å². The standard InChI is InChI=1S/C11H17NO3/c1-15-11(14)12-7-6-10(13)8-4-2-3-5-9(8)12/h8-9H,2-7H2,1H3/t8-,9-/m0/s1. The highest BCUT2D eigenvalue weighted by Gasteiger charge is 2.40. The number of likely N-dealkylation sites (tertiary alicyclic amines) is 1. The minimum atomic E-state index is -0.278. The van der Waals surface area contributed by atoms with Crippen LogP contribution in [0.1, 0.15) is 32.1 Å². The molecule has 1 saturated heterocycles. The summed E-state index contributed by atoms with van der Waals surface area (Å²) in [6, 6.07) is 0.104. The van der Waals surface area contributed by atoms with E-state index in [2.05, 4.69) is 0 Å². The van der Waals surface area contributed by atoms with Crippen LogP contribution in [-0.2, 0) is 9.53 Å². The molecular formula is C11H17NO3. The maximum Gasteiger partial charge on any atom is 0.409 e. The number of carbonyl (C=O) groups is 2. The van der Waals surface area contributed by atoms with Gasteiger partial charge in [-0.25, -0.2) is 4.79 Å². The third kappa shape index (κ3) is 1.85. The molecule has 4 heteroatoms. The Balaban J connectivity index is 2.13. The number of piperidine rings is 1. The number of hydrogen-bond donors (Lipinski definition) is 0. The molecule has 2 fully saturated rings. The summed E-state index contributed by atoms with van der Waals surface area (Å²) in [7, 11) is 1.40. The van der Waals surface area contributed by atoms with Crippen molar-refractivity contribution in [1.29, 1.82) is 0 Å². The van der Waals surface area contributed by atoms with Crippen LogP contribution in [0.4, 0.5) is 4.79 Å². The van der Waals surface area contributed by atoms with Gasteiger partial charge >= 0.3 is 6.09 Å². The van der Waals surface area contributed by atoms with E-state index in [0.29, 0.717) is 18.7 Å². The number of Topliss-reactive ketones (excluding diaryl/α,β-unsaturated/α-hetero) is 1. The van der Waals surface area contributed by atoms with E-state index in [1.807, 2.05) is 0 Å².